The van der Waals surface area contributed by atoms with Crippen LogP contribution in [0.15, 0.2) is 30.3 Å². The van der Waals surface area contributed by atoms with Crippen LogP contribution in [0.1, 0.15) is 12.0 Å². The van der Waals surface area contributed by atoms with Gasteiger partial charge in [0.05, 0.1) is 10.7 Å². The second-order valence-electron chi connectivity index (χ2n) is 5.57. The van der Waals surface area contributed by atoms with Gasteiger partial charge in [-0.3, -0.25) is 4.79 Å². The Morgan fingerprint density at radius 3 is 2.71 bits per heavy atom. The van der Waals surface area contributed by atoms with Crippen molar-refractivity contribution in [1.29, 1.82) is 0 Å². The normalized spacial score (nSPS) is 17.8. The summed E-state index contributed by atoms with van der Waals surface area (Å²) >= 11 is 12.0. The molecule has 2 aliphatic rings. The number of carbonyl (C=O) groups excluding carboxylic acids is 1. The number of benzene rings is 2. The molecule has 4 rings (SSSR count). The third kappa shape index (κ3) is 2.85. The Bertz CT molecular complexity index is 824. The lowest BCUT2D eigenvalue weighted by Gasteiger charge is -2.25. The van der Waals surface area contributed by atoms with Crippen molar-refractivity contribution in [3.63, 3.8) is 0 Å². The highest BCUT2D eigenvalue weighted by Crippen LogP contribution is 2.41. The first kappa shape index (κ1) is 15.4. The lowest BCUT2D eigenvalue weighted by atomic mass is 10.0. The van der Waals surface area contributed by atoms with Crippen LogP contribution in [0.2, 0.25) is 10.0 Å². The fourth-order valence-electron chi connectivity index (χ4n) is 2.76. The number of hydrogen-bond acceptors (Lipinski definition) is 4. The van der Waals surface area contributed by atoms with E-state index < -0.39 is 6.10 Å². The van der Waals surface area contributed by atoms with Gasteiger partial charge < -0.3 is 19.5 Å². The first-order valence-electron chi connectivity index (χ1n) is 7.45. The van der Waals surface area contributed by atoms with Crippen molar-refractivity contribution in [2.45, 2.75) is 18.9 Å². The van der Waals surface area contributed by atoms with Gasteiger partial charge in [-0.1, -0.05) is 23.2 Å². The van der Waals surface area contributed by atoms with Gasteiger partial charge in [-0.15, -0.1) is 0 Å². The molecule has 0 saturated heterocycles. The van der Waals surface area contributed by atoms with Crippen LogP contribution in [-0.4, -0.2) is 18.8 Å². The van der Waals surface area contributed by atoms with Crippen molar-refractivity contribution < 1.29 is 19.0 Å². The minimum Gasteiger partial charge on any atom is -0.480 e. The molecular formula is C17H13Cl2NO4. The molecule has 1 unspecified atom stereocenters. The Balaban J connectivity index is 1.52. The molecule has 0 bridgehead atoms. The number of fused-ring (bicyclic) bond motifs is 2. The highest BCUT2D eigenvalue weighted by molar-refractivity contribution is 6.35. The molecule has 1 atom stereocenters. The number of hydrogen-bond donors (Lipinski definition) is 1. The molecule has 24 heavy (non-hydrogen) atoms. The minimum atomic E-state index is -0.604. The van der Waals surface area contributed by atoms with E-state index in [1.807, 2.05) is 6.07 Å². The molecule has 124 valence electrons. The standard InChI is InChI=1S/C17H13Cl2NO4/c18-10-2-3-11(19)12(6-10)20-17(21)13-4-1-9-5-15-16(23-8-22-15)7-14(9)24-13/h2-3,5-7,13H,1,4,8H2,(H,20,21). The molecule has 1 N–H and O–H groups in total. The van der Waals surface area contributed by atoms with E-state index in [1.54, 1.807) is 24.3 Å². The third-order valence-corrected chi connectivity index (χ3v) is 4.54. The zero-order valence-corrected chi connectivity index (χ0v) is 14.0. The van der Waals surface area contributed by atoms with Crippen molar-refractivity contribution in [1.82, 2.24) is 0 Å². The lowest BCUT2D eigenvalue weighted by Crippen LogP contribution is -2.35. The molecule has 0 aromatic heterocycles. The maximum Gasteiger partial charge on any atom is 0.265 e. The number of nitrogens with one attached hydrogen (secondary N) is 1. The van der Waals surface area contributed by atoms with Crippen LogP contribution in [0.25, 0.3) is 0 Å². The van der Waals surface area contributed by atoms with Crippen molar-refractivity contribution in [2.75, 3.05) is 12.1 Å². The van der Waals surface area contributed by atoms with Gasteiger partial charge in [0.25, 0.3) is 5.91 Å². The Morgan fingerprint density at radius 1 is 1.08 bits per heavy atom. The second kappa shape index (κ2) is 6.07. The van der Waals surface area contributed by atoms with E-state index in [0.717, 1.165) is 5.56 Å². The topological polar surface area (TPSA) is 56.8 Å². The van der Waals surface area contributed by atoms with E-state index in [1.165, 1.54) is 0 Å². The Labute approximate surface area is 148 Å². The largest absolute Gasteiger partial charge is 0.480 e. The van der Waals surface area contributed by atoms with Crippen molar-refractivity contribution in [3.8, 4) is 17.2 Å². The summed E-state index contributed by atoms with van der Waals surface area (Å²) in [6.45, 7) is 0.204. The van der Waals surface area contributed by atoms with Gasteiger partial charge in [0, 0.05) is 11.1 Å². The number of ether oxygens (including phenoxy) is 3. The molecule has 2 aromatic rings. The van der Waals surface area contributed by atoms with E-state index in [0.29, 0.717) is 45.8 Å². The van der Waals surface area contributed by atoms with Crippen LogP contribution in [0.4, 0.5) is 5.69 Å². The summed E-state index contributed by atoms with van der Waals surface area (Å²) in [6, 6.07) is 8.58. The van der Waals surface area contributed by atoms with Crippen molar-refractivity contribution in [3.05, 3.63) is 45.9 Å². The summed E-state index contributed by atoms with van der Waals surface area (Å²) in [4.78, 5) is 12.5. The second-order valence-corrected chi connectivity index (χ2v) is 6.42. The summed E-state index contributed by atoms with van der Waals surface area (Å²) in [6.07, 6.45) is 0.678. The molecule has 0 radical (unpaired) electrons. The van der Waals surface area contributed by atoms with Crippen LogP contribution in [0.3, 0.4) is 0 Å². The number of rotatable bonds is 2. The molecule has 1 amide bonds. The smallest absolute Gasteiger partial charge is 0.265 e. The molecule has 0 aliphatic carbocycles. The third-order valence-electron chi connectivity index (χ3n) is 3.98. The molecule has 5 nitrogen and oxygen atoms in total. The molecule has 0 fully saturated rings. The van der Waals surface area contributed by atoms with Crippen LogP contribution in [0, 0.1) is 0 Å². The Kier molecular flexibility index (Phi) is 3.90. The zero-order valence-electron chi connectivity index (χ0n) is 12.5. The average molecular weight is 366 g/mol. The highest BCUT2D eigenvalue weighted by Gasteiger charge is 2.29. The van der Waals surface area contributed by atoms with E-state index in [-0.39, 0.29) is 12.7 Å². The van der Waals surface area contributed by atoms with E-state index in [4.69, 9.17) is 37.4 Å². The Hall–Kier alpha value is -2.11. The van der Waals surface area contributed by atoms with Crippen molar-refractivity contribution in [2.24, 2.45) is 0 Å². The molecule has 7 heteroatoms. The summed E-state index contributed by atoms with van der Waals surface area (Å²) in [5.74, 6) is 1.73. The maximum atomic E-state index is 12.5. The van der Waals surface area contributed by atoms with Crippen LogP contribution < -0.4 is 19.5 Å². The minimum absolute atomic E-state index is 0.204. The summed E-state index contributed by atoms with van der Waals surface area (Å²) in [7, 11) is 0. The summed E-state index contributed by atoms with van der Waals surface area (Å²) < 4.78 is 16.5. The molecule has 2 heterocycles. The van der Waals surface area contributed by atoms with Gasteiger partial charge in [-0.25, -0.2) is 0 Å². The van der Waals surface area contributed by atoms with E-state index in [2.05, 4.69) is 5.32 Å². The molecule has 2 aliphatic heterocycles. The predicted molar refractivity (Wildman–Crippen MR) is 90.4 cm³/mol. The summed E-state index contributed by atoms with van der Waals surface area (Å²) in [5.41, 5.74) is 1.47. The maximum absolute atomic E-state index is 12.5. The Morgan fingerprint density at radius 2 is 1.88 bits per heavy atom. The molecule has 0 spiro atoms. The van der Waals surface area contributed by atoms with Gasteiger partial charge in [-0.05, 0) is 42.7 Å². The fraction of sp³-hybridized carbons (Fsp3) is 0.235. The quantitative estimate of drug-likeness (QED) is 0.871. The number of carbonyl (C=O) groups is 1. The average Bonchev–Trinajstić information content (AvgIpc) is 3.02. The van der Waals surface area contributed by atoms with Gasteiger partial charge >= 0.3 is 0 Å². The fourth-order valence-corrected chi connectivity index (χ4v) is 3.10. The van der Waals surface area contributed by atoms with Gasteiger partial charge in [0.1, 0.15) is 5.75 Å². The van der Waals surface area contributed by atoms with E-state index >= 15 is 0 Å². The molecule has 2 aromatic carbocycles. The van der Waals surface area contributed by atoms with Gasteiger partial charge in [-0.2, -0.15) is 0 Å². The first-order valence-corrected chi connectivity index (χ1v) is 8.21. The number of halogens is 2. The molecule has 0 saturated carbocycles. The SMILES string of the molecule is O=C(Nc1cc(Cl)ccc1Cl)C1CCc2cc3c(cc2O1)OCO3. The van der Waals surface area contributed by atoms with Crippen molar-refractivity contribution >= 4 is 34.8 Å². The van der Waals surface area contributed by atoms with Gasteiger partial charge in [0.15, 0.2) is 17.6 Å². The highest BCUT2D eigenvalue weighted by atomic mass is 35.5. The molecular weight excluding hydrogens is 353 g/mol. The number of anilines is 1. The van der Waals surface area contributed by atoms with E-state index in [9.17, 15) is 4.79 Å². The monoisotopic (exact) mass is 365 g/mol. The first-order chi connectivity index (χ1) is 11.6. The predicted octanol–water partition coefficient (Wildman–Crippen LogP) is 4.05. The van der Waals surface area contributed by atoms with Crippen LogP contribution >= 0.6 is 23.2 Å². The van der Waals surface area contributed by atoms with Crippen LogP contribution in [-0.2, 0) is 11.2 Å². The summed E-state index contributed by atoms with van der Waals surface area (Å²) in [5, 5.41) is 3.69. The number of amides is 1. The number of aryl methyl sites for hydroxylation is 1. The van der Waals surface area contributed by atoms with Gasteiger partial charge in [0.2, 0.25) is 6.79 Å². The lowest BCUT2D eigenvalue weighted by molar-refractivity contribution is -0.123. The van der Waals surface area contributed by atoms with Crippen LogP contribution in [0.5, 0.6) is 17.2 Å². The zero-order chi connectivity index (χ0) is 16.7.